The van der Waals surface area contributed by atoms with Gasteiger partial charge in [-0.25, -0.2) is 4.98 Å². The number of nitrogens with zero attached hydrogens (tertiary/aromatic N) is 3. The van der Waals surface area contributed by atoms with E-state index in [4.69, 9.17) is 5.11 Å². The summed E-state index contributed by atoms with van der Waals surface area (Å²) in [6.07, 6.45) is 6.34. The van der Waals surface area contributed by atoms with Gasteiger partial charge in [0.25, 0.3) is 0 Å². The molecule has 0 aliphatic carbocycles. The first-order valence-corrected chi connectivity index (χ1v) is 7.09. The zero-order valence-corrected chi connectivity index (χ0v) is 11.7. The third kappa shape index (κ3) is 3.28. The van der Waals surface area contributed by atoms with Gasteiger partial charge in [0.1, 0.15) is 0 Å². The third-order valence-corrected chi connectivity index (χ3v) is 4.08. The average molecular weight is 265 g/mol. The largest absolute Gasteiger partial charge is 0.481 e. The first-order chi connectivity index (χ1) is 9.11. The van der Waals surface area contributed by atoms with E-state index < -0.39 is 5.97 Å². The van der Waals surface area contributed by atoms with E-state index >= 15 is 0 Å². The minimum absolute atomic E-state index is 0.227. The van der Waals surface area contributed by atoms with Crippen molar-refractivity contribution in [2.75, 3.05) is 18.0 Å². The fraction of sp³-hybridized carbons (Fsp3) is 0.714. The zero-order valence-electron chi connectivity index (χ0n) is 11.7. The lowest BCUT2D eigenvalue weighted by Gasteiger charge is -2.36. The monoisotopic (exact) mass is 265 g/mol. The normalized spacial score (nSPS) is 21.4. The van der Waals surface area contributed by atoms with Crippen LogP contribution >= 0.6 is 0 Å². The van der Waals surface area contributed by atoms with Gasteiger partial charge in [-0.2, -0.15) is 0 Å². The minimum atomic E-state index is -0.695. The van der Waals surface area contributed by atoms with Gasteiger partial charge in [0.15, 0.2) is 0 Å². The van der Waals surface area contributed by atoms with E-state index in [0.717, 1.165) is 38.4 Å². The molecule has 0 bridgehead atoms. The van der Waals surface area contributed by atoms with Gasteiger partial charge in [0.05, 0.1) is 0 Å². The van der Waals surface area contributed by atoms with Crippen LogP contribution in [0.25, 0.3) is 0 Å². The standard InChI is InChI=1S/C14H23N3O2/c1-3-16-8-6-15-14(16)17-7-4-5-12(10-17)11(2)9-13(18)19/h6,8,11-12H,3-5,7,9-10H2,1-2H3,(H,18,19). The first-order valence-electron chi connectivity index (χ1n) is 7.09. The summed E-state index contributed by atoms with van der Waals surface area (Å²) in [5, 5.41) is 8.92. The second kappa shape index (κ2) is 6.08. The predicted molar refractivity (Wildman–Crippen MR) is 74.3 cm³/mol. The van der Waals surface area contributed by atoms with E-state index in [1.165, 1.54) is 0 Å². The van der Waals surface area contributed by atoms with Gasteiger partial charge < -0.3 is 14.6 Å². The maximum Gasteiger partial charge on any atom is 0.303 e. The molecule has 2 heterocycles. The number of carboxylic acids is 1. The van der Waals surface area contributed by atoms with E-state index in [-0.39, 0.29) is 12.3 Å². The van der Waals surface area contributed by atoms with Crippen LogP contribution in [-0.2, 0) is 11.3 Å². The van der Waals surface area contributed by atoms with Crippen molar-refractivity contribution in [3.05, 3.63) is 12.4 Å². The Bertz CT molecular complexity index is 430. The number of hydrogen-bond acceptors (Lipinski definition) is 3. The smallest absolute Gasteiger partial charge is 0.303 e. The topological polar surface area (TPSA) is 58.4 Å². The summed E-state index contributed by atoms with van der Waals surface area (Å²) in [6.45, 7) is 7.02. The number of piperidine rings is 1. The second-order valence-electron chi connectivity index (χ2n) is 5.44. The highest BCUT2D eigenvalue weighted by Crippen LogP contribution is 2.28. The molecule has 1 fully saturated rings. The molecule has 1 aromatic heterocycles. The molecule has 1 aliphatic heterocycles. The Kier molecular flexibility index (Phi) is 4.45. The first kappa shape index (κ1) is 13.9. The van der Waals surface area contributed by atoms with E-state index in [1.807, 2.05) is 12.4 Å². The Morgan fingerprint density at radius 3 is 3.11 bits per heavy atom. The minimum Gasteiger partial charge on any atom is -0.481 e. The van der Waals surface area contributed by atoms with Crippen molar-refractivity contribution in [2.45, 2.75) is 39.7 Å². The van der Waals surface area contributed by atoms with Crippen molar-refractivity contribution in [3.63, 3.8) is 0 Å². The highest BCUT2D eigenvalue weighted by Gasteiger charge is 2.27. The Labute approximate surface area is 114 Å². The number of hydrogen-bond donors (Lipinski definition) is 1. The van der Waals surface area contributed by atoms with Crippen LogP contribution in [-0.4, -0.2) is 33.7 Å². The molecule has 1 aliphatic rings. The zero-order chi connectivity index (χ0) is 13.8. The Hall–Kier alpha value is -1.52. The van der Waals surface area contributed by atoms with Crippen molar-refractivity contribution in [1.82, 2.24) is 9.55 Å². The molecule has 5 nitrogen and oxygen atoms in total. The summed E-state index contributed by atoms with van der Waals surface area (Å²) >= 11 is 0. The number of anilines is 1. The number of imidazole rings is 1. The van der Waals surface area contributed by atoms with Gasteiger partial charge in [-0.05, 0) is 31.6 Å². The summed E-state index contributed by atoms with van der Waals surface area (Å²) < 4.78 is 2.14. The number of aliphatic carboxylic acids is 1. The van der Waals surface area contributed by atoms with Gasteiger partial charge in [-0.15, -0.1) is 0 Å². The van der Waals surface area contributed by atoms with Crippen molar-refractivity contribution in [3.8, 4) is 0 Å². The van der Waals surface area contributed by atoms with E-state index in [1.54, 1.807) is 0 Å². The molecule has 0 saturated carbocycles. The highest BCUT2D eigenvalue weighted by atomic mass is 16.4. The van der Waals surface area contributed by atoms with Crippen molar-refractivity contribution < 1.29 is 9.90 Å². The lowest BCUT2D eigenvalue weighted by Crippen LogP contribution is -2.39. The number of aryl methyl sites for hydroxylation is 1. The Morgan fingerprint density at radius 1 is 1.63 bits per heavy atom. The molecule has 0 amide bonds. The SMILES string of the molecule is CCn1ccnc1N1CCCC(C(C)CC(=O)O)C1. The summed E-state index contributed by atoms with van der Waals surface area (Å²) in [4.78, 5) is 17.6. The fourth-order valence-corrected chi connectivity index (χ4v) is 2.93. The molecule has 2 rings (SSSR count). The molecule has 106 valence electrons. The highest BCUT2D eigenvalue weighted by molar-refractivity contribution is 5.67. The van der Waals surface area contributed by atoms with Gasteiger partial charge in [-0.1, -0.05) is 6.92 Å². The van der Waals surface area contributed by atoms with Crippen LogP contribution in [0.1, 0.15) is 33.1 Å². The molecule has 2 unspecified atom stereocenters. The number of rotatable bonds is 5. The quantitative estimate of drug-likeness (QED) is 0.887. The van der Waals surface area contributed by atoms with Crippen LogP contribution in [0.2, 0.25) is 0 Å². The number of aromatic nitrogens is 2. The lowest BCUT2D eigenvalue weighted by atomic mass is 9.85. The summed E-state index contributed by atoms with van der Waals surface area (Å²) in [7, 11) is 0. The molecule has 1 aromatic rings. The maximum absolute atomic E-state index is 10.8. The second-order valence-corrected chi connectivity index (χ2v) is 5.44. The van der Waals surface area contributed by atoms with Crippen molar-refractivity contribution in [1.29, 1.82) is 0 Å². The van der Waals surface area contributed by atoms with Gasteiger partial charge >= 0.3 is 5.97 Å². The van der Waals surface area contributed by atoms with Crippen LogP contribution in [0.15, 0.2) is 12.4 Å². The summed E-state index contributed by atoms with van der Waals surface area (Å²) in [5.74, 6) is 1.01. The predicted octanol–water partition coefficient (Wildman–Crippen LogP) is 2.23. The molecule has 0 radical (unpaired) electrons. The van der Waals surface area contributed by atoms with Crippen LogP contribution in [0.5, 0.6) is 0 Å². The molecule has 0 aromatic carbocycles. The third-order valence-electron chi connectivity index (χ3n) is 4.08. The van der Waals surface area contributed by atoms with Gasteiger partial charge in [-0.3, -0.25) is 4.79 Å². The van der Waals surface area contributed by atoms with Crippen molar-refractivity contribution in [2.24, 2.45) is 11.8 Å². The van der Waals surface area contributed by atoms with E-state index in [2.05, 4.69) is 28.3 Å². The molecule has 1 saturated heterocycles. The molecular weight excluding hydrogens is 242 g/mol. The van der Waals surface area contributed by atoms with Gasteiger partial charge in [0, 0.05) is 38.4 Å². The van der Waals surface area contributed by atoms with Crippen LogP contribution < -0.4 is 4.90 Å². The fourth-order valence-electron chi connectivity index (χ4n) is 2.93. The summed E-state index contributed by atoms with van der Waals surface area (Å²) in [5.41, 5.74) is 0. The van der Waals surface area contributed by atoms with Crippen molar-refractivity contribution >= 4 is 11.9 Å². The molecule has 1 N–H and O–H groups in total. The Balaban J connectivity index is 2.03. The maximum atomic E-state index is 10.8. The van der Waals surface area contributed by atoms with Crippen LogP contribution in [0, 0.1) is 11.8 Å². The average Bonchev–Trinajstić information content (AvgIpc) is 2.86. The van der Waals surface area contributed by atoms with Crippen LogP contribution in [0.3, 0.4) is 0 Å². The molecule has 5 heteroatoms. The molecule has 19 heavy (non-hydrogen) atoms. The van der Waals surface area contributed by atoms with Gasteiger partial charge in [0.2, 0.25) is 5.95 Å². The number of carboxylic acid groups (broad SMARTS) is 1. The summed E-state index contributed by atoms with van der Waals surface area (Å²) in [6, 6.07) is 0. The molecule has 0 spiro atoms. The lowest BCUT2D eigenvalue weighted by molar-refractivity contribution is -0.138. The Morgan fingerprint density at radius 2 is 2.42 bits per heavy atom. The molecule has 2 atom stereocenters. The van der Waals surface area contributed by atoms with E-state index in [9.17, 15) is 4.79 Å². The van der Waals surface area contributed by atoms with Crippen LogP contribution in [0.4, 0.5) is 5.95 Å². The molecular formula is C14H23N3O2. The van der Waals surface area contributed by atoms with E-state index in [0.29, 0.717) is 5.92 Å². The number of carbonyl (C=O) groups is 1.